The van der Waals surface area contributed by atoms with Crippen LogP contribution < -0.4 is 15.4 Å². The maximum atomic E-state index is 12.5. The van der Waals surface area contributed by atoms with Gasteiger partial charge in [-0.3, -0.25) is 9.59 Å². The van der Waals surface area contributed by atoms with Crippen molar-refractivity contribution >= 4 is 17.5 Å². The Morgan fingerprint density at radius 1 is 1.04 bits per heavy atom. The largest absolute Gasteiger partial charge is 0.494 e. The quantitative estimate of drug-likeness (QED) is 0.656. The molecule has 0 aromatic heterocycles. The van der Waals surface area contributed by atoms with Gasteiger partial charge in [-0.2, -0.15) is 13.2 Å². The molecule has 2 rings (SSSR count). The molecule has 150 valence electrons. The number of aliphatic hydroxyl groups excluding tert-OH is 1. The third kappa shape index (κ3) is 5.98. The van der Waals surface area contributed by atoms with Crippen molar-refractivity contribution in [3.63, 3.8) is 0 Å². The second-order valence-corrected chi connectivity index (χ2v) is 5.76. The fourth-order valence-electron chi connectivity index (χ4n) is 2.27. The highest BCUT2D eigenvalue weighted by Gasteiger charge is 2.30. The Morgan fingerprint density at radius 3 is 2.18 bits per heavy atom. The van der Waals surface area contributed by atoms with Crippen LogP contribution in [0, 0.1) is 0 Å². The van der Waals surface area contributed by atoms with E-state index in [0.29, 0.717) is 18.0 Å². The molecule has 0 aliphatic heterocycles. The van der Waals surface area contributed by atoms with Gasteiger partial charge in [-0.25, -0.2) is 0 Å². The third-order valence-corrected chi connectivity index (χ3v) is 3.71. The van der Waals surface area contributed by atoms with Gasteiger partial charge in [-0.05, 0) is 48.9 Å². The van der Waals surface area contributed by atoms with Crippen LogP contribution >= 0.6 is 0 Å². The molecule has 9 heteroatoms. The van der Waals surface area contributed by atoms with Crippen molar-refractivity contribution in [3.05, 3.63) is 59.7 Å². The molecule has 2 aromatic rings. The highest BCUT2D eigenvalue weighted by molar-refractivity contribution is 6.39. The van der Waals surface area contributed by atoms with Crippen molar-refractivity contribution in [1.29, 1.82) is 0 Å². The Hall–Kier alpha value is -3.07. The molecule has 0 unspecified atom stereocenters. The van der Waals surface area contributed by atoms with Crippen LogP contribution in [0.2, 0.25) is 0 Å². The molecule has 0 aliphatic carbocycles. The molecule has 28 heavy (non-hydrogen) atoms. The molecule has 0 spiro atoms. The molecule has 0 saturated heterocycles. The number of alkyl halides is 3. The van der Waals surface area contributed by atoms with E-state index in [0.717, 1.165) is 24.3 Å². The van der Waals surface area contributed by atoms with E-state index in [4.69, 9.17) is 4.74 Å². The lowest BCUT2D eigenvalue weighted by Gasteiger charge is -2.13. The topological polar surface area (TPSA) is 87.7 Å². The maximum absolute atomic E-state index is 12.5. The van der Waals surface area contributed by atoms with Crippen LogP contribution in [0.4, 0.5) is 18.9 Å². The summed E-state index contributed by atoms with van der Waals surface area (Å²) in [5.74, 6) is -1.31. The minimum atomic E-state index is -4.48. The van der Waals surface area contributed by atoms with Crippen molar-refractivity contribution in [1.82, 2.24) is 5.32 Å². The Morgan fingerprint density at radius 2 is 1.64 bits per heavy atom. The van der Waals surface area contributed by atoms with Gasteiger partial charge >= 0.3 is 18.0 Å². The van der Waals surface area contributed by atoms with Gasteiger partial charge in [-0.1, -0.05) is 12.1 Å². The Kier molecular flexibility index (Phi) is 7.00. The number of ether oxygens (including phenoxy) is 1. The number of aliphatic hydroxyl groups is 1. The molecule has 2 aromatic carbocycles. The van der Waals surface area contributed by atoms with Crippen LogP contribution in [0.1, 0.15) is 24.2 Å². The fraction of sp³-hybridized carbons (Fsp3) is 0.263. The molecule has 3 N–H and O–H groups in total. The van der Waals surface area contributed by atoms with Gasteiger partial charge in [0.15, 0.2) is 0 Å². The van der Waals surface area contributed by atoms with Crippen molar-refractivity contribution < 1.29 is 32.6 Å². The number of benzene rings is 2. The maximum Gasteiger partial charge on any atom is 0.416 e. The SMILES string of the molecule is CCOc1ccc(NC(=O)C(=O)NC[C@H](O)c2ccc(C(F)(F)F)cc2)cc1. The lowest BCUT2D eigenvalue weighted by Crippen LogP contribution is -2.37. The Bertz CT molecular complexity index is 805. The summed E-state index contributed by atoms with van der Waals surface area (Å²) in [7, 11) is 0. The molecule has 0 aliphatic rings. The van der Waals surface area contributed by atoms with E-state index in [2.05, 4.69) is 10.6 Å². The average Bonchev–Trinajstić information content (AvgIpc) is 2.67. The van der Waals surface area contributed by atoms with Gasteiger partial charge in [0.2, 0.25) is 0 Å². The van der Waals surface area contributed by atoms with E-state index in [9.17, 15) is 27.9 Å². The van der Waals surface area contributed by atoms with Crippen molar-refractivity contribution in [2.24, 2.45) is 0 Å². The lowest BCUT2D eigenvalue weighted by molar-refractivity contribution is -0.137. The molecule has 0 bridgehead atoms. The van der Waals surface area contributed by atoms with Crippen LogP contribution in [-0.4, -0.2) is 30.1 Å². The predicted octanol–water partition coefficient (Wildman–Crippen LogP) is 2.89. The van der Waals surface area contributed by atoms with E-state index in [-0.39, 0.29) is 12.1 Å². The zero-order chi connectivity index (χ0) is 20.7. The molecule has 6 nitrogen and oxygen atoms in total. The van der Waals surface area contributed by atoms with E-state index in [1.54, 1.807) is 24.3 Å². The number of halogens is 3. The van der Waals surface area contributed by atoms with Crippen LogP contribution in [0.15, 0.2) is 48.5 Å². The summed E-state index contributed by atoms with van der Waals surface area (Å²) in [6, 6.07) is 10.3. The first-order chi connectivity index (χ1) is 13.2. The summed E-state index contributed by atoms with van der Waals surface area (Å²) >= 11 is 0. The lowest BCUT2D eigenvalue weighted by atomic mass is 10.1. The highest BCUT2D eigenvalue weighted by Crippen LogP contribution is 2.29. The van der Waals surface area contributed by atoms with Gasteiger partial charge in [0, 0.05) is 12.2 Å². The van der Waals surface area contributed by atoms with Crippen LogP contribution in [0.3, 0.4) is 0 Å². The number of carbonyl (C=O) groups excluding carboxylic acids is 2. The van der Waals surface area contributed by atoms with Crippen LogP contribution in [0.5, 0.6) is 5.75 Å². The first-order valence-electron chi connectivity index (χ1n) is 8.38. The number of rotatable bonds is 6. The minimum Gasteiger partial charge on any atom is -0.494 e. The standard InChI is InChI=1S/C19H19F3N2O4/c1-2-28-15-9-7-14(8-10-15)24-18(27)17(26)23-11-16(25)12-3-5-13(6-4-12)19(20,21)22/h3-10,16,25H,2,11H2,1H3,(H,23,26)(H,24,27)/t16-/m0/s1. The third-order valence-electron chi connectivity index (χ3n) is 3.71. The number of anilines is 1. The second kappa shape index (κ2) is 9.23. The van der Waals surface area contributed by atoms with Gasteiger partial charge in [0.25, 0.3) is 0 Å². The van der Waals surface area contributed by atoms with E-state index < -0.39 is 29.7 Å². The van der Waals surface area contributed by atoms with Gasteiger partial charge < -0.3 is 20.5 Å². The summed E-state index contributed by atoms with van der Waals surface area (Å²) in [6.07, 6.45) is -5.74. The summed E-state index contributed by atoms with van der Waals surface area (Å²) in [4.78, 5) is 23.7. The number of amides is 2. The van der Waals surface area contributed by atoms with Gasteiger partial charge in [0.1, 0.15) is 5.75 Å². The monoisotopic (exact) mass is 396 g/mol. The Labute approximate surface area is 159 Å². The molecule has 0 heterocycles. The van der Waals surface area contributed by atoms with Crippen molar-refractivity contribution in [3.8, 4) is 5.75 Å². The highest BCUT2D eigenvalue weighted by atomic mass is 19.4. The van der Waals surface area contributed by atoms with Crippen LogP contribution in [-0.2, 0) is 15.8 Å². The van der Waals surface area contributed by atoms with E-state index in [1.165, 1.54) is 0 Å². The first kappa shape index (κ1) is 21.2. The molecule has 0 fully saturated rings. The van der Waals surface area contributed by atoms with Crippen molar-refractivity contribution in [2.45, 2.75) is 19.2 Å². The first-order valence-corrected chi connectivity index (χ1v) is 8.38. The number of hydrogen-bond donors (Lipinski definition) is 3. The summed E-state index contributed by atoms with van der Waals surface area (Å²) < 4.78 is 42.9. The normalized spacial score (nSPS) is 12.2. The molecular formula is C19H19F3N2O4. The average molecular weight is 396 g/mol. The number of carbonyl (C=O) groups is 2. The van der Waals surface area contributed by atoms with Gasteiger partial charge in [-0.15, -0.1) is 0 Å². The number of nitrogens with one attached hydrogen (secondary N) is 2. The molecule has 0 saturated carbocycles. The van der Waals surface area contributed by atoms with E-state index in [1.807, 2.05) is 6.92 Å². The molecule has 0 radical (unpaired) electrons. The van der Waals surface area contributed by atoms with Crippen LogP contribution in [0.25, 0.3) is 0 Å². The van der Waals surface area contributed by atoms with E-state index >= 15 is 0 Å². The zero-order valence-electron chi connectivity index (χ0n) is 14.9. The zero-order valence-corrected chi connectivity index (χ0v) is 14.9. The van der Waals surface area contributed by atoms with Crippen molar-refractivity contribution in [2.75, 3.05) is 18.5 Å². The molecular weight excluding hydrogens is 377 g/mol. The predicted molar refractivity (Wildman–Crippen MR) is 95.7 cm³/mol. The fourth-order valence-corrected chi connectivity index (χ4v) is 2.27. The van der Waals surface area contributed by atoms with Gasteiger partial charge in [0.05, 0.1) is 18.3 Å². The summed E-state index contributed by atoms with van der Waals surface area (Å²) in [5, 5.41) is 14.6. The second-order valence-electron chi connectivity index (χ2n) is 5.76. The molecule has 2 amide bonds. The Balaban J connectivity index is 1.85. The number of hydrogen-bond acceptors (Lipinski definition) is 4. The summed E-state index contributed by atoms with van der Waals surface area (Å²) in [5.41, 5.74) is -0.283. The molecule has 1 atom stereocenters. The minimum absolute atomic E-state index is 0.181. The summed E-state index contributed by atoms with van der Waals surface area (Å²) in [6.45, 7) is 2.00. The smallest absolute Gasteiger partial charge is 0.416 e.